The Hall–Kier alpha value is -4.78. The van der Waals surface area contributed by atoms with Crippen LogP contribution in [0.3, 0.4) is 0 Å². The molecule has 9 nitrogen and oxygen atoms in total. The van der Waals surface area contributed by atoms with Crippen molar-refractivity contribution in [2.75, 3.05) is 13.2 Å². The van der Waals surface area contributed by atoms with E-state index in [1.807, 2.05) is 0 Å². The van der Waals surface area contributed by atoms with Gasteiger partial charge in [0.15, 0.2) is 5.82 Å². The number of aromatic nitrogens is 3. The van der Waals surface area contributed by atoms with E-state index < -0.39 is 47.1 Å². The molecule has 0 fully saturated rings. The zero-order valence-corrected chi connectivity index (χ0v) is 21.4. The predicted molar refractivity (Wildman–Crippen MR) is 138 cm³/mol. The maximum atomic E-state index is 14.5. The first-order chi connectivity index (χ1) is 19.3. The molecular weight excluding hydrogens is 546 g/mol. The van der Waals surface area contributed by atoms with Gasteiger partial charge in [-0.2, -0.15) is 13.2 Å². The quantitative estimate of drug-likeness (QED) is 0.251. The second-order valence-electron chi connectivity index (χ2n) is 9.77. The lowest BCUT2D eigenvalue weighted by Gasteiger charge is -2.31. The molecule has 0 unspecified atom stereocenters. The number of benzene rings is 2. The number of imidazole rings is 1. The average Bonchev–Trinajstić information content (AvgIpc) is 3.58. The first-order valence-corrected chi connectivity index (χ1v) is 12.3. The standard InChI is InChI=1S/C28H23F4N5O4/c1-26(25(33)39)14-41-22-18(26)11-20(37-21(22)16-7-9-17(29)10-8-16)27(40,28(30,31)32)13-35-24(38)23-34-12-19(36-23)15-5-3-2-4-6-15/h2-12,40H,13-14H2,1H3,(H2,33,39)(H,34,36)(H,35,38)/t26-,27-/m0/s1. The van der Waals surface area contributed by atoms with E-state index in [1.165, 1.54) is 25.3 Å². The lowest BCUT2D eigenvalue weighted by molar-refractivity contribution is -0.265. The van der Waals surface area contributed by atoms with Crippen LogP contribution in [0.15, 0.2) is 66.9 Å². The van der Waals surface area contributed by atoms with Gasteiger partial charge in [0, 0.05) is 22.9 Å². The number of nitrogens with zero attached hydrogens (tertiary/aromatic N) is 2. The van der Waals surface area contributed by atoms with Gasteiger partial charge in [0.25, 0.3) is 5.91 Å². The Morgan fingerprint density at radius 2 is 1.78 bits per heavy atom. The highest BCUT2D eigenvalue weighted by Gasteiger charge is 2.57. The highest BCUT2D eigenvalue weighted by Crippen LogP contribution is 2.47. The van der Waals surface area contributed by atoms with Crippen molar-refractivity contribution < 1.29 is 37.0 Å². The van der Waals surface area contributed by atoms with Crippen LogP contribution in [0.25, 0.3) is 22.5 Å². The summed E-state index contributed by atoms with van der Waals surface area (Å²) in [6.45, 7) is -0.255. The number of hydrogen-bond acceptors (Lipinski definition) is 6. The van der Waals surface area contributed by atoms with Crippen molar-refractivity contribution in [2.45, 2.75) is 24.1 Å². The van der Waals surface area contributed by atoms with E-state index in [1.54, 1.807) is 30.3 Å². The van der Waals surface area contributed by atoms with E-state index in [4.69, 9.17) is 10.5 Å². The topological polar surface area (TPSA) is 143 Å². The van der Waals surface area contributed by atoms with Crippen molar-refractivity contribution >= 4 is 11.8 Å². The van der Waals surface area contributed by atoms with Crippen LogP contribution in [0.2, 0.25) is 0 Å². The number of rotatable bonds is 7. The molecule has 41 heavy (non-hydrogen) atoms. The van der Waals surface area contributed by atoms with E-state index >= 15 is 0 Å². The molecule has 0 spiro atoms. The van der Waals surface area contributed by atoms with Crippen molar-refractivity contribution in [2.24, 2.45) is 5.73 Å². The fourth-order valence-electron chi connectivity index (χ4n) is 4.43. The molecule has 2 atom stereocenters. The Labute approximate surface area is 230 Å². The van der Waals surface area contributed by atoms with E-state index in [0.717, 1.165) is 18.2 Å². The number of alkyl halides is 3. The molecular formula is C28H23F4N5O4. The van der Waals surface area contributed by atoms with Gasteiger partial charge in [-0.25, -0.2) is 14.4 Å². The number of H-pyrrole nitrogens is 1. The highest BCUT2D eigenvalue weighted by molar-refractivity contribution is 5.91. The predicted octanol–water partition coefficient (Wildman–Crippen LogP) is 3.59. The molecule has 4 aromatic rings. The van der Waals surface area contributed by atoms with E-state index in [2.05, 4.69) is 20.3 Å². The molecule has 0 saturated carbocycles. The van der Waals surface area contributed by atoms with Gasteiger partial charge in [0.1, 0.15) is 29.3 Å². The summed E-state index contributed by atoms with van der Waals surface area (Å²) >= 11 is 0. The van der Waals surface area contributed by atoms with Gasteiger partial charge < -0.3 is 25.9 Å². The summed E-state index contributed by atoms with van der Waals surface area (Å²) in [7, 11) is 0. The van der Waals surface area contributed by atoms with Gasteiger partial charge in [-0.1, -0.05) is 30.3 Å². The Bertz CT molecular complexity index is 1620. The maximum Gasteiger partial charge on any atom is 0.424 e. The third-order valence-electron chi connectivity index (χ3n) is 6.99. The van der Waals surface area contributed by atoms with Crippen molar-refractivity contribution in [3.8, 4) is 28.3 Å². The van der Waals surface area contributed by atoms with E-state index in [9.17, 15) is 32.3 Å². The summed E-state index contributed by atoms with van der Waals surface area (Å²) < 4.78 is 62.8. The number of carbonyl (C=O) groups excluding carboxylic acids is 2. The van der Waals surface area contributed by atoms with Crippen molar-refractivity contribution in [3.63, 3.8) is 0 Å². The van der Waals surface area contributed by atoms with Crippen LogP contribution in [-0.4, -0.2) is 51.2 Å². The van der Waals surface area contributed by atoms with Gasteiger partial charge in [0.2, 0.25) is 11.5 Å². The summed E-state index contributed by atoms with van der Waals surface area (Å²) in [5.41, 5.74) is 0.374. The van der Waals surface area contributed by atoms with Gasteiger partial charge in [0.05, 0.1) is 17.9 Å². The van der Waals surface area contributed by atoms with Crippen LogP contribution in [-0.2, 0) is 15.8 Å². The summed E-state index contributed by atoms with van der Waals surface area (Å²) in [4.78, 5) is 35.9. The van der Waals surface area contributed by atoms with Crippen molar-refractivity contribution in [1.82, 2.24) is 20.3 Å². The van der Waals surface area contributed by atoms with Crippen molar-refractivity contribution in [3.05, 3.63) is 89.8 Å². The van der Waals surface area contributed by atoms with Crippen molar-refractivity contribution in [1.29, 1.82) is 0 Å². The first kappa shape index (κ1) is 27.8. The number of fused-ring (bicyclic) bond motifs is 1. The zero-order chi connectivity index (χ0) is 29.6. The molecule has 0 radical (unpaired) electrons. The molecule has 0 bridgehead atoms. The Balaban J connectivity index is 1.54. The number of pyridine rings is 1. The molecule has 2 aromatic carbocycles. The summed E-state index contributed by atoms with van der Waals surface area (Å²) in [6, 6.07) is 14.3. The zero-order valence-electron chi connectivity index (χ0n) is 21.4. The van der Waals surface area contributed by atoms with Gasteiger partial charge in [-0.3, -0.25) is 9.59 Å². The van der Waals surface area contributed by atoms with E-state index in [0.29, 0.717) is 11.3 Å². The fourth-order valence-corrected chi connectivity index (χ4v) is 4.43. The summed E-state index contributed by atoms with van der Waals surface area (Å²) in [5.74, 6) is -2.81. The molecule has 1 aliphatic rings. The monoisotopic (exact) mass is 569 g/mol. The first-order valence-electron chi connectivity index (χ1n) is 12.3. The molecule has 1 aliphatic heterocycles. The second kappa shape index (κ2) is 10.0. The summed E-state index contributed by atoms with van der Waals surface area (Å²) in [5, 5.41) is 13.2. The SMILES string of the molecule is C[C@]1(C(N)=O)COc2c1cc([C@@](O)(CNC(=O)c1nc(-c3ccccc3)c[nH]1)C(F)(F)F)nc2-c1ccc(F)cc1. The number of primary amides is 1. The van der Waals surface area contributed by atoms with Crippen LogP contribution in [0, 0.1) is 5.82 Å². The van der Waals surface area contributed by atoms with Gasteiger partial charge >= 0.3 is 6.18 Å². The highest BCUT2D eigenvalue weighted by atomic mass is 19.4. The smallest absolute Gasteiger partial charge is 0.424 e. The number of aliphatic hydroxyl groups is 1. The number of aromatic amines is 1. The number of nitrogens with one attached hydrogen (secondary N) is 2. The normalized spacial score (nSPS) is 17.8. The molecule has 0 aliphatic carbocycles. The van der Waals surface area contributed by atoms with Gasteiger partial charge in [-0.05, 0) is 37.3 Å². The molecule has 212 valence electrons. The van der Waals surface area contributed by atoms with Crippen LogP contribution in [0.5, 0.6) is 5.75 Å². The number of amides is 2. The summed E-state index contributed by atoms with van der Waals surface area (Å²) in [6.07, 6.45) is -3.93. The van der Waals surface area contributed by atoms with Crippen LogP contribution in [0.4, 0.5) is 17.6 Å². The minimum atomic E-state index is -5.34. The third kappa shape index (κ3) is 4.88. The lowest BCUT2D eigenvalue weighted by Crippen LogP contribution is -2.52. The largest absolute Gasteiger partial charge is 0.489 e. The molecule has 5 N–H and O–H groups in total. The number of carbonyl (C=O) groups is 2. The Morgan fingerprint density at radius 3 is 2.41 bits per heavy atom. The fraction of sp³-hybridized carbons (Fsp3) is 0.214. The number of ether oxygens (including phenoxy) is 1. The second-order valence-corrected chi connectivity index (χ2v) is 9.77. The average molecular weight is 570 g/mol. The number of hydrogen-bond donors (Lipinski definition) is 4. The molecule has 0 saturated heterocycles. The van der Waals surface area contributed by atoms with Gasteiger partial charge in [-0.15, -0.1) is 0 Å². The third-order valence-corrected chi connectivity index (χ3v) is 6.99. The molecule has 3 heterocycles. The molecule has 5 rings (SSSR count). The van der Waals surface area contributed by atoms with Crippen LogP contribution in [0.1, 0.15) is 28.8 Å². The molecule has 2 amide bonds. The Kier molecular flexibility index (Phi) is 6.77. The minimum Gasteiger partial charge on any atom is -0.489 e. The van der Waals surface area contributed by atoms with E-state index in [-0.39, 0.29) is 35.0 Å². The number of halogens is 4. The maximum absolute atomic E-state index is 14.5. The molecule has 13 heteroatoms. The lowest BCUT2D eigenvalue weighted by atomic mass is 9.81. The van der Waals surface area contributed by atoms with Crippen LogP contribution < -0.4 is 15.8 Å². The minimum absolute atomic E-state index is 0.0285. The van der Waals surface area contributed by atoms with Crippen LogP contribution >= 0.6 is 0 Å². The molecule has 2 aromatic heterocycles. The Morgan fingerprint density at radius 1 is 1.10 bits per heavy atom. The number of nitrogens with two attached hydrogens (primary N) is 1.